The average Bonchev–Trinajstić information content (AvgIpc) is 2.59. The first kappa shape index (κ1) is 5.98. The Morgan fingerprint density at radius 2 is 2.60 bits per heavy atom. The minimum absolute atomic E-state index is 0.606. The fourth-order valence-electron chi connectivity index (χ4n) is 1.54. The Morgan fingerprint density at radius 1 is 1.60 bits per heavy atom. The van der Waals surface area contributed by atoms with Crippen molar-refractivity contribution >= 4 is 0 Å². The maximum atomic E-state index is 5.29. The van der Waals surface area contributed by atoms with Gasteiger partial charge in [-0.15, -0.1) is 0 Å². The van der Waals surface area contributed by atoms with Gasteiger partial charge in [0.1, 0.15) is 6.04 Å². The first-order chi connectivity index (χ1) is 4.97. The van der Waals surface area contributed by atoms with Gasteiger partial charge in [0.2, 0.25) is 0 Å². The van der Waals surface area contributed by atoms with Crippen molar-refractivity contribution in [2.24, 2.45) is 0 Å². The molecule has 1 atom stereocenters. The van der Waals surface area contributed by atoms with E-state index in [2.05, 4.69) is 11.4 Å². The average molecular weight is 138 g/mol. The highest BCUT2D eigenvalue weighted by Gasteiger charge is 2.21. The number of quaternary nitrogens is 1. The lowest BCUT2D eigenvalue weighted by Gasteiger charge is -2.00. The molecule has 1 fully saturated rings. The summed E-state index contributed by atoms with van der Waals surface area (Å²) in [6.45, 7) is 1.26. The maximum Gasteiger partial charge on any atom is 0.160 e. The van der Waals surface area contributed by atoms with Crippen LogP contribution in [-0.2, 0) is 0 Å². The van der Waals surface area contributed by atoms with Gasteiger partial charge in [0.05, 0.1) is 12.8 Å². The van der Waals surface area contributed by atoms with Crippen LogP contribution in [-0.4, -0.2) is 6.54 Å². The third-order valence-electron chi connectivity index (χ3n) is 2.08. The number of hydrogen-bond donors (Lipinski definition) is 1. The van der Waals surface area contributed by atoms with Crippen molar-refractivity contribution in [3.8, 4) is 0 Å². The van der Waals surface area contributed by atoms with Crippen molar-refractivity contribution in [3.63, 3.8) is 0 Å². The highest BCUT2D eigenvalue weighted by molar-refractivity contribution is 5.01. The highest BCUT2D eigenvalue weighted by Crippen LogP contribution is 2.16. The SMILES string of the molecule is c1coc([C@@H]2CCC[NH2+]2)c1. The molecule has 1 aromatic heterocycles. The first-order valence-corrected chi connectivity index (χ1v) is 3.83. The van der Waals surface area contributed by atoms with Gasteiger partial charge in [-0.3, -0.25) is 0 Å². The smallest absolute Gasteiger partial charge is 0.160 e. The fourth-order valence-corrected chi connectivity index (χ4v) is 1.54. The Balaban J connectivity index is 2.12. The molecule has 0 spiro atoms. The molecule has 0 bridgehead atoms. The Hall–Kier alpha value is -0.760. The van der Waals surface area contributed by atoms with Gasteiger partial charge in [-0.05, 0) is 12.1 Å². The summed E-state index contributed by atoms with van der Waals surface area (Å²) in [7, 11) is 0. The lowest BCUT2D eigenvalue weighted by atomic mass is 10.2. The summed E-state index contributed by atoms with van der Waals surface area (Å²) in [4.78, 5) is 0. The molecule has 0 unspecified atom stereocenters. The van der Waals surface area contributed by atoms with E-state index in [4.69, 9.17) is 4.42 Å². The summed E-state index contributed by atoms with van der Waals surface area (Å²) in [5.41, 5.74) is 0. The summed E-state index contributed by atoms with van der Waals surface area (Å²) in [6.07, 6.45) is 4.35. The molecule has 0 amide bonds. The highest BCUT2D eigenvalue weighted by atomic mass is 16.3. The van der Waals surface area contributed by atoms with E-state index >= 15 is 0 Å². The monoisotopic (exact) mass is 138 g/mol. The molecule has 1 aromatic rings. The van der Waals surface area contributed by atoms with Gasteiger partial charge in [0.15, 0.2) is 5.76 Å². The van der Waals surface area contributed by atoms with Crippen LogP contribution in [0.3, 0.4) is 0 Å². The van der Waals surface area contributed by atoms with Crippen LogP contribution in [0.15, 0.2) is 22.8 Å². The molecule has 54 valence electrons. The predicted molar refractivity (Wildman–Crippen MR) is 37.5 cm³/mol. The van der Waals surface area contributed by atoms with Crippen LogP contribution >= 0.6 is 0 Å². The summed E-state index contributed by atoms with van der Waals surface area (Å²) in [5.74, 6) is 1.14. The van der Waals surface area contributed by atoms with Gasteiger partial charge in [-0.1, -0.05) is 0 Å². The van der Waals surface area contributed by atoms with E-state index in [0.29, 0.717) is 6.04 Å². The van der Waals surface area contributed by atoms with Crippen molar-refractivity contribution in [2.45, 2.75) is 18.9 Å². The van der Waals surface area contributed by atoms with Gasteiger partial charge in [-0.25, -0.2) is 0 Å². The van der Waals surface area contributed by atoms with E-state index in [1.165, 1.54) is 19.4 Å². The summed E-state index contributed by atoms with van der Waals surface area (Å²) in [6, 6.07) is 4.63. The quantitative estimate of drug-likeness (QED) is 0.607. The van der Waals surface area contributed by atoms with E-state index in [0.717, 1.165) is 5.76 Å². The van der Waals surface area contributed by atoms with Crippen molar-refractivity contribution in [1.29, 1.82) is 0 Å². The van der Waals surface area contributed by atoms with E-state index in [1.807, 2.05) is 6.07 Å². The largest absolute Gasteiger partial charge is 0.463 e. The molecule has 0 radical (unpaired) electrons. The third-order valence-corrected chi connectivity index (χ3v) is 2.08. The van der Waals surface area contributed by atoms with Gasteiger partial charge in [-0.2, -0.15) is 0 Å². The second kappa shape index (κ2) is 2.46. The van der Waals surface area contributed by atoms with Crippen LogP contribution < -0.4 is 5.32 Å². The van der Waals surface area contributed by atoms with Crippen LogP contribution in [0.2, 0.25) is 0 Å². The van der Waals surface area contributed by atoms with Crippen LogP contribution in [0.25, 0.3) is 0 Å². The zero-order valence-electron chi connectivity index (χ0n) is 5.92. The van der Waals surface area contributed by atoms with Crippen molar-refractivity contribution in [3.05, 3.63) is 24.2 Å². The van der Waals surface area contributed by atoms with Crippen LogP contribution in [0.4, 0.5) is 0 Å². The molecule has 10 heavy (non-hydrogen) atoms. The second-order valence-electron chi connectivity index (χ2n) is 2.79. The lowest BCUT2D eigenvalue weighted by molar-refractivity contribution is -0.678. The third kappa shape index (κ3) is 0.948. The number of furan rings is 1. The number of hydrogen-bond acceptors (Lipinski definition) is 1. The van der Waals surface area contributed by atoms with Crippen LogP contribution in [0.5, 0.6) is 0 Å². The summed E-state index contributed by atoms with van der Waals surface area (Å²) < 4.78 is 5.29. The first-order valence-electron chi connectivity index (χ1n) is 3.83. The molecule has 2 rings (SSSR count). The van der Waals surface area contributed by atoms with E-state index in [-0.39, 0.29) is 0 Å². The molecular formula is C8H12NO+. The van der Waals surface area contributed by atoms with Crippen molar-refractivity contribution < 1.29 is 9.73 Å². The fraction of sp³-hybridized carbons (Fsp3) is 0.500. The maximum absolute atomic E-state index is 5.29. The van der Waals surface area contributed by atoms with E-state index < -0.39 is 0 Å². The topological polar surface area (TPSA) is 29.8 Å². The molecule has 2 heteroatoms. The second-order valence-corrected chi connectivity index (χ2v) is 2.79. The molecular weight excluding hydrogens is 126 g/mol. The lowest BCUT2D eigenvalue weighted by Crippen LogP contribution is -2.81. The molecule has 2 nitrogen and oxygen atoms in total. The Kier molecular flexibility index (Phi) is 1.47. The van der Waals surface area contributed by atoms with Crippen LogP contribution in [0, 0.1) is 0 Å². The number of nitrogens with two attached hydrogens (primary N) is 1. The zero-order chi connectivity index (χ0) is 6.81. The number of rotatable bonds is 1. The Labute approximate surface area is 60.2 Å². The molecule has 2 heterocycles. The normalized spacial score (nSPS) is 25.4. The van der Waals surface area contributed by atoms with Crippen LogP contribution in [0.1, 0.15) is 24.6 Å². The zero-order valence-corrected chi connectivity index (χ0v) is 5.92. The van der Waals surface area contributed by atoms with Crippen molar-refractivity contribution in [1.82, 2.24) is 0 Å². The minimum atomic E-state index is 0.606. The molecule has 0 aromatic carbocycles. The van der Waals surface area contributed by atoms with Gasteiger partial charge < -0.3 is 9.73 Å². The minimum Gasteiger partial charge on any atom is -0.463 e. The van der Waals surface area contributed by atoms with E-state index in [9.17, 15) is 0 Å². The Bertz CT molecular complexity index is 187. The molecule has 2 N–H and O–H groups in total. The summed E-state index contributed by atoms with van der Waals surface area (Å²) >= 11 is 0. The van der Waals surface area contributed by atoms with Crippen molar-refractivity contribution in [2.75, 3.05) is 6.54 Å². The molecule has 1 aliphatic heterocycles. The summed E-state index contributed by atoms with van der Waals surface area (Å²) in [5, 5.41) is 2.35. The van der Waals surface area contributed by atoms with Gasteiger partial charge in [0, 0.05) is 12.8 Å². The predicted octanol–water partition coefficient (Wildman–Crippen LogP) is 0.678. The van der Waals surface area contributed by atoms with Gasteiger partial charge >= 0.3 is 0 Å². The van der Waals surface area contributed by atoms with E-state index in [1.54, 1.807) is 6.26 Å². The van der Waals surface area contributed by atoms with Gasteiger partial charge in [0.25, 0.3) is 0 Å². The molecule has 0 aliphatic carbocycles. The molecule has 1 aliphatic rings. The standard InChI is InChI=1S/C8H11NO/c1-3-7(9-5-1)8-4-2-6-10-8/h2,4,6-7,9H,1,3,5H2/p+1/t7-/m0/s1. The molecule has 0 saturated carbocycles. The molecule has 1 saturated heterocycles. The Morgan fingerprint density at radius 3 is 3.20 bits per heavy atom.